The van der Waals surface area contributed by atoms with Crippen LogP contribution in [0.1, 0.15) is 23.2 Å². The van der Waals surface area contributed by atoms with Gasteiger partial charge in [-0.3, -0.25) is 4.79 Å². The van der Waals surface area contributed by atoms with E-state index >= 15 is 0 Å². The maximum atomic E-state index is 12.3. The van der Waals surface area contributed by atoms with E-state index < -0.39 is 0 Å². The van der Waals surface area contributed by atoms with Crippen LogP contribution >= 0.6 is 23.2 Å². The smallest absolute Gasteiger partial charge is 0.251 e. The van der Waals surface area contributed by atoms with Crippen molar-refractivity contribution in [2.24, 2.45) is 5.92 Å². The number of amides is 1. The van der Waals surface area contributed by atoms with Crippen molar-refractivity contribution in [1.29, 1.82) is 0 Å². The lowest BCUT2D eigenvalue weighted by molar-refractivity contribution is 0.0620. The summed E-state index contributed by atoms with van der Waals surface area (Å²) >= 11 is 11.9. The zero-order chi connectivity index (χ0) is 14.3. The van der Waals surface area contributed by atoms with Crippen LogP contribution in [-0.4, -0.2) is 36.5 Å². The Morgan fingerprint density at radius 2 is 2.00 bits per heavy atom. The second kappa shape index (κ2) is 5.43. The molecule has 0 radical (unpaired) electrons. The lowest BCUT2D eigenvalue weighted by Crippen LogP contribution is -2.57. The molecule has 3 heterocycles. The number of nitrogens with zero attached hydrogens (tertiary/aromatic N) is 1. The minimum Gasteiger partial charge on any atom is -0.397 e. The predicted octanol–water partition coefficient (Wildman–Crippen LogP) is 2.40. The van der Waals surface area contributed by atoms with Crippen LogP contribution in [0, 0.1) is 5.92 Å². The first-order chi connectivity index (χ1) is 9.54. The number of carbonyl (C=O) groups is 1. The Morgan fingerprint density at radius 3 is 2.55 bits per heavy atom. The van der Waals surface area contributed by atoms with Crippen LogP contribution in [0.5, 0.6) is 0 Å². The molecule has 0 spiro atoms. The molecule has 0 saturated carbocycles. The minimum atomic E-state index is -0.131. The van der Waals surface area contributed by atoms with Gasteiger partial charge in [-0.05, 0) is 44.0 Å². The summed E-state index contributed by atoms with van der Waals surface area (Å²) in [5.41, 5.74) is 6.55. The van der Waals surface area contributed by atoms with E-state index in [1.54, 1.807) is 12.1 Å². The van der Waals surface area contributed by atoms with Gasteiger partial charge in [-0.1, -0.05) is 23.2 Å². The van der Waals surface area contributed by atoms with E-state index in [9.17, 15) is 4.79 Å². The van der Waals surface area contributed by atoms with Gasteiger partial charge in [0.25, 0.3) is 5.91 Å². The van der Waals surface area contributed by atoms with Crippen LogP contribution < -0.4 is 11.1 Å². The SMILES string of the molecule is Nc1cc(C(=O)NC2CN3CCC2CC3)cc(Cl)c1Cl. The van der Waals surface area contributed by atoms with E-state index in [2.05, 4.69) is 10.2 Å². The van der Waals surface area contributed by atoms with Crippen molar-refractivity contribution < 1.29 is 4.79 Å². The van der Waals surface area contributed by atoms with Gasteiger partial charge in [-0.2, -0.15) is 0 Å². The fourth-order valence-electron chi connectivity index (χ4n) is 3.12. The quantitative estimate of drug-likeness (QED) is 0.824. The third-order valence-electron chi connectivity index (χ3n) is 4.29. The summed E-state index contributed by atoms with van der Waals surface area (Å²) in [4.78, 5) is 14.7. The number of piperidine rings is 3. The van der Waals surface area contributed by atoms with Crippen molar-refractivity contribution >= 4 is 34.8 Å². The molecule has 3 aliphatic rings. The summed E-state index contributed by atoms with van der Waals surface area (Å²) in [5, 5.41) is 3.71. The molecular weight excluding hydrogens is 297 g/mol. The Bertz CT molecular complexity index is 518. The van der Waals surface area contributed by atoms with Gasteiger partial charge < -0.3 is 16.0 Å². The van der Waals surface area contributed by atoms with Crippen LogP contribution in [0.4, 0.5) is 5.69 Å². The van der Waals surface area contributed by atoms with Crippen LogP contribution in [0.25, 0.3) is 0 Å². The molecule has 0 aromatic heterocycles. The molecule has 20 heavy (non-hydrogen) atoms. The van der Waals surface area contributed by atoms with Gasteiger partial charge in [-0.25, -0.2) is 0 Å². The van der Waals surface area contributed by atoms with E-state index in [1.165, 1.54) is 0 Å². The molecule has 1 amide bonds. The second-order valence-electron chi connectivity index (χ2n) is 5.58. The maximum Gasteiger partial charge on any atom is 0.251 e. The van der Waals surface area contributed by atoms with Crippen molar-refractivity contribution in [3.63, 3.8) is 0 Å². The van der Waals surface area contributed by atoms with Crippen molar-refractivity contribution in [3.05, 3.63) is 27.7 Å². The summed E-state index contributed by atoms with van der Waals surface area (Å²) in [7, 11) is 0. The minimum absolute atomic E-state index is 0.131. The zero-order valence-electron chi connectivity index (χ0n) is 11.0. The molecule has 0 aliphatic carbocycles. The lowest BCUT2D eigenvalue weighted by Gasteiger charge is -2.44. The molecule has 1 atom stereocenters. The maximum absolute atomic E-state index is 12.3. The fourth-order valence-corrected chi connectivity index (χ4v) is 3.46. The van der Waals surface area contributed by atoms with E-state index in [0.717, 1.165) is 32.5 Å². The number of fused-ring (bicyclic) bond motifs is 3. The fraction of sp³-hybridized carbons (Fsp3) is 0.500. The van der Waals surface area contributed by atoms with Gasteiger partial charge in [0.2, 0.25) is 0 Å². The number of halogens is 2. The Hall–Kier alpha value is -0.970. The first-order valence-electron chi connectivity index (χ1n) is 6.82. The first kappa shape index (κ1) is 14.0. The number of benzene rings is 1. The number of rotatable bonds is 2. The molecule has 4 nitrogen and oxygen atoms in total. The highest BCUT2D eigenvalue weighted by atomic mass is 35.5. The van der Waals surface area contributed by atoms with Crippen molar-refractivity contribution in [2.45, 2.75) is 18.9 Å². The summed E-state index contributed by atoms with van der Waals surface area (Å²) in [6.07, 6.45) is 2.32. The van der Waals surface area contributed by atoms with Gasteiger partial charge in [0.1, 0.15) is 0 Å². The normalized spacial score (nSPS) is 28.4. The molecule has 4 rings (SSSR count). The molecule has 3 fully saturated rings. The summed E-state index contributed by atoms with van der Waals surface area (Å²) in [5.74, 6) is 0.457. The lowest BCUT2D eigenvalue weighted by atomic mass is 9.84. The van der Waals surface area contributed by atoms with Crippen molar-refractivity contribution in [1.82, 2.24) is 10.2 Å². The van der Waals surface area contributed by atoms with Gasteiger partial charge in [0, 0.05) is 18.2 Å². The highest BCUT2D eigenvalue weighted by Gasteiger charge is 2.35. The summed E-state index contributed by atoms with van der Waals surface area (Å²) in [6, 6.07) is 3.36. The molecule has 2 bridgehead atoms. The van der Waals surface area contributed by atoms with E-state index in [1.807, 2.05) is 0 Å². The van der Waals surface area contributed by atoms with Gasteiger partial charge in [0.05, 0.1) is 15.7 Å². The average molecular weight is 314 g/mol. The molecule has 1 aromatic carbocycles. The monoisotopic (exact) mass is 313 g/mol. The number of hydrogen-bond acceptors (Lipinski definition) is 3. The van der Waals surface area contributed by atoms with Crippen LogP contribution in [0.2, 0.25) is 10.0 Å². The molecule has 1 unspecified atom stereocenters. The first-order valence-corrected chi connectivity index (χ1v) is 7.58. The van der Waals surface area contributed by atoms with Crippen LogP contribution in [0.3, 0.4) is 0 Å². The number of nitrogen functional groups attached to an aromatic ring is 1. The number of carbonyl (C=O) groups excluding carboxylic acids is 1. The highest BCUT2D eigenvalue weighted by Crippen LogP contribution is 2.30. The largest absolute Gasteiger partial charge is 0.397 e. The van der Waals surface area contributed by atoms with Crippen LogP contribution in [-0.2, 0) is 0 Å². The molecule has 3 N–H and O–H groups in total. The van der Waals surface area contributed by atoms with Crippen molar-refractivity contribution in [3.8, 4) is 0 Å². The zero-order valence-corrected chi connectivity index (χ0v) is 12.5. The van der Waals surface area contributed by atoms with Gasteiger partial charge in [-0.15, -0.1) is 0 Å². The number of anilines is 1. The average Bonchev–Trinajstić information content (AvgIpc) is 2.45. The third-order valence-corrected chi connectivity index (χ3v) is 5.11. The number of nitrogens with two attached hydrogens (primary N) is 1. The van der Waals surface area contributed by atoms with E-state index in [4.69, 9.17) is 28.9 Å². The predicted molar refractivity (Wildman–Crippen MR) is 81.3 cm³/mol. The molecule has 3 saturated heterocycles. The highest BCUT2D eigenvalue weighted by molar-refractivity contribution is 6.43. The molecule has 3 aliphatic heterocycles. The summed E-state index contributed by atoms with van der Waals surface area (Å²) in [6.45, 7) is 3.24. The Morgan fingerprint density at radius 1 is 1.30 bits per heavy atom. The summed E-state index contributed by atoms with van der Waals surface area (Å²) < 4.78 is 0. The Kier molecular flexibility index (Phi) is 3.80. The second-order valence-corrected chi connectivity index (χ2v) is 6.36. The molecule has 6 heteroatoms. The van der Waals surface area contributed by atoms with Crippen molar-refractivity contribution in [2.75, 3.05) is 25.4 Å². The topological polar surface area (TPSA) is 58.4 Å². The van der Waals surface area contributed by atoms with Crippen LogP contribution in [0.15, 0.2) is 12.1 Å². The number of hydrogen-bond donors (Lipinski definition) is 2. The van der Waals surface area contributed by atoms with E-state index in [-0.39, 0.29) is 11.9 Å². The number of nitrogens with one attached hydrogen (secondary N) is 1. The molecule has 108 valence electrons. The molecule has 1 aromatic rings. The Labute approximate surface area is 128 Å². The molecular formula is C14H17Cl2N3O. The van der Waals surface area contributed by atoms with Gasteiger partial charge >= 0.3 is 0 Å². The standard InChI is InChI=1S/C14H17Cl2N3O/c15-10-5-9(6-11(17)13(10)16)14(20)18-12-7-19-3-1-8(12)2-4-19/h5-6,8,12H,1-4,7,17H2,(H,18,20). The van der Waals surface area contributed by atoms with E-state index in [0.29, 0.717) is 27.2 Å². The third kappa shape index (κ3) is 2.60. The Balaban J connectivity index is 1.73. The van der Waals surface area contributed by atoms with Gasteiger partial charge in [0.15, 0.2) is 0 Å².